The third-order valence-electron chi connectivity index (χ3n) is 2.39. The summed E-state index contributed by atoms with van der Waals surface area (Å²) in [6, 6.07) is 0. The van der Waals surface area contributed by atoms with E-state index in [0.717, 1.165) is 38.6 Å². The van der Waals surface area contributed by atoms with Crippen LogP contribution in [0.2, 0.25) is 0 Å². The molecule has 0 heterocycles. The van der Waals surface area contributed by atoms with E-state index in [1.165, 1.54) is 12.8 Å². The molecule has 0 saturated heterocycles. The standard InChI is InChI=1S/C11H23NO2/c1-11(2,13)5-6-12-7-8-14-9-10-3-4-10/h10,12-13H,3-9H2,1-2H3. The maximum atomic E-state index is 9.43. The molecule has 1 aliphatic carbocycles. The van der Waals surface area contributed by atoms with Gasteiger partial charge in [0.15, 0.2) is 0 Å². The molecular weight excluding hydrogens is 178 g/mol. The third-order valence-corrected chi connectivity index (χ3v) is 2.39. The van der Waals surface area contributed by atoms with Crippen LogP contribution in [0, 0.1) is 5.92 Å². The molecule has 0 spiro atoms. The van der Waals surface area contributed by atoms with Crippen molar-refractivity contribution in [2.45, 2.75) is 38.7 Å². The Kier molecular flexibility index (Phi) is 4.85. The van der Waals surface area contributed by atoms with Gasteiger partial charge in [0, 0.05) is 13.2 Å². The molecule has 3 heteroatoms. The number of rotatable bonds is 8. The molecule has 0 unspecified atom stereocenters. The van der Waals surface area contributed by atoms with Crippen molar-refractivity contribution in [3.63, 3.8) is 0 Å². The molecule has 2 N–H and O–H groups in total. The van der Waals surface area contributed by atoms with E-state index in [2.05, 4.69) is 5.32 Å². The normalized spacial score (nSPS) is 17.4. The van der Waals surface area contributed by atoms with Gasteiger partial charge in [-0.05, 0) is 45.6 Å². The predicted octanol–water partition coefficient (Wildman–Crippen LogP) is 1.16. The molecule has 1 saturated carbocycles. The van der Waals surface area contributed by atoms with E-state index in [0.29, 0.717) is 0 Å². The minimum Gasteiger partial charge on any atom is -0.390 e. The highest BCUT2D eigenvalue weighted by Crippen LogP contribution is 2.28. The van der Waals surface area contributed by atoms with Crippen molar-refractivity contribution in [2.24, 2.45) is 5.92 Å². The molecule has 1 rings (SSSR count). The zero-order valence-corrected chi connectivity index (χ0v) is 9.38. The number of aliphatic hydroxyl groups is 1. The first-order valence-electron chi connectivity index (χ1n) is 5.59. The minimum absolute atomic E-state index is 0.554. The van der Waals surface area contributed by atoms with Crippen molar-refractivity contribution in [1.82, 2.24) is 5.32 Å². The summed E-state index contributed by atoms with van der Waals surface area (Å²) in [4.78, 5) is 0. The molecule has 84 valence electrons. The van der Waals surface area contributed by atoms with Crippen LogP contribution in [-0.2, 0) is 4.74 Å². The highest BCUT2D eigenvalue weighted by molar-refractivity contribution is 4.72. The largest absolute Gasteiger partial charge is 0.390 e. The molecule has 0 bridgehead atoms. The van der Waals surface area contributed by atoms with Crippen molar-refractivity contribution in [2.75, 3.05) is 26.3 Å². The highest BCUT2D eigenvalue weighted by atomic mass is 16.5. The monoisotopic (exact) mass is 201 g/mol. The van der Waals surface area contributed by atoms with E-state index >= 15 is 0 Å². The fourth-order valence-corrected chi connectivity index (χ4v) is 1.20. The van der Waals surface area contributed by atoms with Crippen LogP contribution in [-0.4, -0.2) is 37.0 Å². The van der Waals surface area contributed by atoms with Gasteiger partial charge in [-0.15, -0.1) is 0 Å². The van der Waals surface area contributed by atoms with Crippen molar-refractivity contribution in [1.29, 1.82) is 0 Å². The molecule has 1 fully saturated rings. The van der Waals surface area contributed by atoms with Gasteiger partial charge in [-0.2, -0.15) is 0 Å². The van der Waals surface area contributed by atoms with Crippen LogP contribution in [0.1, 0.15) is 33.1 Å². The Bertz CT molecular complexity index is 150. The first-order valence-corrected chi connectivity index (χ1v) is 5.59. The van der Waals surface area contributed by atoms with E-state index in [4.69, 9.17) is 4.74 Å². The molecule has 1 aliphatic rings. The van der Waals surface area contributed by atoms with Crippen LogP contribution < -0.4 is 5.32 Å². The smallest absolute Gasteiger partial charge is 0.0603 e. The van der Waals surface area contributed by atoms with E-state index in [-0.39, 0.29) is 0 Å². The Morgan fingerprint density at radius 3 is 2.64 bits per heavy atom. The second-order valence-electron chi connectivity index (χ2n) is 4.83. The number of ether oxygens (including phenoxy) is 1. The number of nitrogens with one attached hydrogen (secondary N) is 1. The SMILES string of the molecule is CC(C)(O)CCNCCOCC1CC1. The van der Waals surface area contributed by atoms with E-state index in [1.54, 1.807) is 0 Å². The molecule has 0 radical (unpaired) electrons. The second-order valence-corrected chi connectivity index (χ2v) is 4.83. The zero-order valence-electron chi connectivity index (χ0n) is 9.38. The van der Waals surface area contributed by atoms with Crippen LogP contribution in [0.15, 0.2) is 0 Å². The lowest BCUT2D eigenvalue weighted by Crippen LogP contribution is -2.28. The molecule has 0 aromatic heterocycles. The minimum atomic E-state index is -0.554. The third kappa shape index (κ3) is 7.30. The summed E-state index contributed by atoms with van der Waals surface area (Å²) in [7, 11) is 0. The molecule has 0 aromatic carbocycles. The zero-order chi connectivity index (χ0) is 10.4. The van der Waals surface area contributed by atoms with Crippen LogP contribution in [0.3, 0.4) is 0 Å². The average Bonchev–Trinajstić information content (AvgIpc) is 2.84. The fourth-order valence-electron chi connectivity index (χ4n) is 1.20. The number of hydrogen-bond acceptors (Lipinski definition) is 3. The Hall–Kier alpha value is -0.120. The summed E-state index contributed by atoms with van der Waals surface area (Å²) < 4.78 is 5.46. The van der Waals surface area contributed by atoms with Gasteiger partial charge in [0.2, 0.25) is 0 Å². The van der Waals surface area contributed by atoms with Crippen molar-refractivity contribution in [3.8, 4) is 0 Å². The molecule has 0 aromatic rings. The van der Waals surface area contributed by atoms with Crippen LogP contribution in [0.25, 0.3) is 0 Å². The quantitative estimate of drug-likeness (QED) is 0.579. The maximum Gasteiger partial charge on any atom is 0.0603 e. The summed E-state index contributed by atoms with van der Waals surface area (Å²) in [5.74, 6) is 0.853. The first kappa shape index (κ1) is 12.0. The van der Waals surface area contributed by atoms with Gasteiger partial charge >= 0.3 is 0 Å². The first-order chi connectivity index (χ1) is 6.58. The Morgan fingerprint density at radius 1 is 1.36 bits per heavy atom. The lowest BCUT2D eigenvalue weighted by molar-refractivity contribution is 0.0696. The molecule has 0 amide bonds. The maximum absolute atomic E-state index is 9.43. The van der Waals surface area contributed by atoms with E-state index in [9.17, 15) is 5.11 Å². The lowest BCUT2D eigenvalue weighted by Gasteiger charge is -2.16. The average molecular weight is 201 g/mol. The van der Waals surface area contributed by atoms with Gasteiger partial charge in [-0.3, -0.25) is 0 Å². The molecule has 3 nitrogen and oxygen atoms in total. The van der Waals surface area contributed by atoms with Crippen LogP contribution in [0.5, 0.6) is 0 Å². The van der Waals surface area contributed by atoms with Crippen molar-refractivity contribution >= 4 is 0 Å². The summed E-state index contributed by atoms with van der Waals surface area (Å²) >= 11 is 0. The Labute approximate surface area is 86.8 Å². The van der Waals surface area contributed by atoms with E-state index in [1.807, 2.05) is 13.8 Å². The Morgan fingerprint density at radius 2 is 2.07 bits per heavy atom. The van der Waals surface area contributed by atoms with Gasteiger partial charge < -0.3 is 15.2 Å². The summed E-state index contributed by atoms with van der Waals surface area (Å²) in [6.45, 7) is 7.14. The molecule has 0 aliphatic heterocycles. The molecule has 0 atom stereocenters. The van der Waals surface area contributed by atoms with Gasteiger partial charge in [-0.1, -0.05) is 0 Å². The van der Waals surface area contributed by atoms with Gasteiger partial charge in [0.25, 0.3) is 0 Å². The van der Waals surface area contributed by atoms with Gasteiger partial charge in [0.05, 0.1) is 12.2 Å². The summed E-state index contributed by atoms with van der Waals surface area (Å²) in [5.41, 5.74) is -0.554. The predicted molar refractivity (Wildman–Crippen MR) is 57.3 cm³/mol. The van der Waals surface area contributed by atoms with Gasteiger partial charge in [-0.25, -0.2) is 0 Å². The summed E-state index contributed by atoms with van der Waals surface area (Å²) in [5, 5.41) is 12.7. The molecule has 14 heavy (non-hydrogen) atoms. The van der Waals surface area contributed by atoms with Crippen molar-refractivity contribution < 1.29 is 9.84 Å². The second kappa shape index (κ2) is 5.69. The van der Waals surface area contributed by atoms with Crippen molar-refractivity contribution in [3.05, 3.63) is 0 Å². The number of hydrogen-bond donors (Lipinski definition) is 2. The lowest BCUT2D eigenvalue weighted by atomic mass is 10.1. The summed E-state index contributed by atoms with van der Waals surface area (Å²) in [6.07, 6.45) is 3.49. The van der Waals surface area contributed by atoms with E-state index < -0.39 is 5.60 Å². The van der Waals surface area contributed by atoms with Crippen LogP contribution in [0.4, 0.5) is 0 Å². The highest BCUT2D eigenvalue weighted by Gasteiger charge is 2.20. The Balaban J connectivity index is 1.75. The topological polar surface area (TPSA) is 41.5 Å². The van der Waals surface area contributed by atoms with Crippen LogP contribution >= 0.6 is 0 Å². The fraction of sp³-hybridized carbons (Fsp3) is 1.00. The van der Waals surface area contributed by atoms with Gasteiger partial charge in [0.1, 0.15) is 0 Å². The molecular formula is C11H23NO2.